The summed E-state index contributed by atoms with van der Waals surface area (Å²) >= 11 is 0. The van der Waals surface area contributed by atoms with Gasteiger partial charge in [-0.15, -0.1) is 0 Å². The molecule has 0 radical (unpaired) electrons. The number of amides is 1. The topological polar surface area (TPSA) is 55.6 Å². The Hall–Kier alpha value is -1.46. The quantitative estimate of drug-likeness (QED) is 0.901. The molecular weight excluding hydrogens is 247 g/mol. The summed E-state index contributed by atoms with van der Waals surface area (Å²) in [4.78, 5) is 13.8. The zero-order valence-electron chi connectivity index (χ0n) is 11.0. The first-order valence-corrected chi connectivity index (χ1v) is 6.53. The van der Waals surface area contributed by atoms with E-state index >= 15 is 0 Å². The van der Waals surface area contributed by atoms with Crippen molar-refractivity contribution in [3.63, 3.8) is 0 Å². The minimum atomic E-state index is -0.452. The van der Waals surface area contributed by atoms with Gasteiger partial charge in [0.15, 0.2) is 0 Å². The number of hydrogen-bond acceptors (Lipinski definition) is 3. The van der Waals surface area contributed by atoms with Crippen LogP contribution < -0.4 is 5.73 Å². The number of halogens is 1. The highest BCUT2D eigenvalue weighted by atomic mass is 19.1. The number of ether oxygens (including phenoxy) is 1. The van der Waals surface area contributed by atoms with Crippen molar-refractivity contribution in [3.05, 3.63) is 35.6 Å². The van der Waals surface area contributed by atoms with Crippen molar-refractivity contribution in [3.8, 4) is 0 Å². The van der Waals surface area contributed by atoms with Gasteiger partial charge in [0.05, 0.1) is 19.2 Å². The standard InChI is InChI=1S/C14H19FN2O2/c1-2-12(16)14(18)17-7-8-19-13(9-17)10-3-5-11(15)6-4-10/h3-6,12-13H,2,7-9,16H2,1H3/t12-,13?/m0/s1. The molecule has 1 aromatic rings. The van der Waals surface area contributed by atoms with E-state index in [1.165, 1.54) is 12.1 Å². The van der Waals surface area contributed by atoms with Crippen LogP contribution in [0.4, 0.5) is 4.39 Å². The van der Waals surface area contributed by atoms with Crippen LogP contribution >= 0.6 is 0 Å². The minimum absolute atomic E-state index is 0.0436. The van der Waals surface area contributed by atoms with Gasteiger partial charge in [-0.3, -0.25) is 4.79 Å². The number of morpholine rings is 1. The molecule has 19 heavy (non-hydrogen) atoms. The van der Waals surface area contributed by atoms with Crippen LogP contribution in [0.15, 0.2) is 24.3 Å². The van der Waals surface area contributed by atoms with E-state index in [9.17, 15) is 9.18 Å². The van der Waals surface area contributed by atoms with Crippen LogP contribution in [-0.2, 0) is 9.53 Å². The molecule has 104 valence electrons. The highest BCUT2D eigenvalue weighted by Gasteiger charge is 2.27. The average Bonchev–Trinajstić information content (AvgIpc) is 2.46. The first-order chi connectivity index (χ1) is 9.11. The van der Waals surface area contributed by atoms with Gasteiger partial charge in [-0.1, -0.05) is 19.1 Å². The van der Waals surface area contributed by atoms with Crippen LogP contribution in [0.1, 0.15) is 25.0 Å². The van der Waals surface area contributed by atoms with E-state index in [1.807, 2.05) is 6.92 Å². The summed E-state index contributed by atoms with van der Waals surface area (Å²) in [5.41, 5.74) is 6.65. The number of carbonyl (C=O) groups excluding carboxylic acids is 1. The molecule has 4 nitrogen and oxygen atoms in total. The second kappa shape index (κ2) is 6.12. The van der Waals surface area contributed by atoms with Crippen molar-refractivity contribution in [2.75, 3.05) is 19.7 Å². The Labute approximate surface area is 112 Å². The Balaban J connectivity index is 2.04. The highest BCUT2D eigenvalue weighted by Crippen LogP contribution is 2.22. The lowest BCUT2D eigenvalue weighted by Gasteiger charge is -2.34. The number of carbonyl (C=O) groups is 1. The molecule has 5 heteroatoms. The molecule has 0 saturated carbocycles. The van der Waals surface area contributed by atoms with Crippen LogP contribution in [-0.4, -0.2) is 36.5 Å². The lowest BCUT2D eigenvalue weighted by Crippen LogP contribution is -2.49. The van der Waals surface area contributed by atoms with E-state index in [0.29, 0.717) is 26.1 Å². The summed E-state index contributed by atoms with van der Waals surface area (Å²) in [6.07, 6.45) is 0.416. The third kappa shape index (κ3) is 3.30. The summed E-state index contributed by atoms with van der Waals surface area (Å²) in [5, 5.41) is 0. The van der Waals surface area contributed by atoms with Crippen molar-refractivity contribution >= 4 is 5.91 Å². The van der Waals surface area contributed by atoms with E-state index in [1.54, 1.807) is 17.0 Å². The van der Waals surface area contributed by atoms with Crippen molar-refractivity contribution in [1.29, 1.82) is 0 Å². The van der Waals surface area contributed by atoms with Gasteiger partial charge in [-0.2, -0.15) is 0 Å². The van der Waals surface area contributed by atoms with Gasteiger partial charge < -0.3 is 15.4 Å². The smallest absolute Gasteiger partial charge is 0.239 e. The maximum absolute atomic E-state index is 12.9. The maximum Gasteiger partial charge on any atom is 0.239 e. The van der Waals surface area contributed by atoms with Crippen LogP contribution in [0.3, 0.4) is 0 Å². The largest absolute Gasteiger partial charge is 0.370 e. The second-order valence-electron chi connectivity index (χ2n) is 4.71. The van der Waals surface area contributed by atoms with E-state index in [0.717, 1.165) is 5.56 Å². The predicted octanol–water partition coefficient (Wildman–Crippen LogP) is 1.46. The molecule has 2 rings (SSSR count). The zero-order chi connectivity index (χ0) is 13.8. The number of nitrogens with zero attached hydrogens (tertiary/aromatic N) is 1. The lowest BCUT2D eigenvalue weighted by atomic mass is 10.1. The zero-order valence-corrected chi connectivity index (χ0v) is 11.0. The number of hydrogen-bond donors (Lipinski definition) is 1. The van der Waals surface area contributed by atoms with E-state index in [2.05, 4.69) is 0 Å². The fourth-order valence-electron chi connectivity index (χ4n) is 2.14. The number of rotatable bonds is 3. The van der Waals surface area contributed by atoms with Crippen LogP contribution in [0.2, 0.25) is 0 Å². The lowest BCUT2D eigenvalue weighted by molar-refractivity contribution is -0.140. The Morgan fingerprint density at radius 2 is 2.21 bits per heavy atom. The molecule has 2 atom stereocenters. The normalized spacial score (nSPS) is 21.2. The molecule has 1 heterocycles. The first kappa shape index (κ1) is 14.0. The molecule has 0 bridgehead atoms. The molecule has 1 saturated heterocycles. The molecule has 0 aliphatic carbocycles. The Morgan fingerprint density at radius 3 is 2.84 bits per heavy atom. The van der Waals surface area contributed by atoms with Crippen molar-refractivity contribution in [2.45, 2.75) is 25.5 Å². The monoisotopic (exact) mass is 266 g/mol. The van der Waals surface area contributed by atoms with Gasteiger partial charge in [-0.05, 0) is 24.1 Å². The predicted molar refractivity (Wildman–Crippen MR) is 69.9 cm³/mol. The van der Waals surface area contributed by atoms with E-state index in [-0.39, 0.29) is 17.8 Å². The third-order valence-corrected chi connectivity index (χ3v) is 3.38. The molecule has 0 spiro atoms. The van der Waals surface area contributed by atoms with E-state index < -0.39 is 6.04 Å². The van der Waals surface area contributed by atoms with Gasteiger partial charge >= 0.3 is 0 Å². The van der Waals surface area contributed by atoms with Gasteiger partial charge in [0.2, 0.25) is 5.91 Å². The second-order valence-corrected chi connectivity index (χ2v) is 4.71. The molecule has 1 unspecified atom stereocenters. The van der Waals surface area contributed by atoms with Gasteiger partial charge in [0, 0.05) is 6.54 Å². The third-order valence-electron chi connectivity index (χ3n) is 3.38. The van der Waals surface area contributed by atoms with Crippen LogP contribution in [0.5, 0.6) is 0 Å². The molecule has 1 fully saturated rings. The van der Waals surface area contributed by atoms with Gasteiger partial charge in [0.25, 0.3) is 0 Å². The van der Waals surface area contributed by atoms with Crippen molar-refractivity contribution < 1.29 is 13.9 Å². The highest BCUT2D eigenvalue weighted by molar-refractivity contribution is 5.81. The summed E-state index contributed by atoms with van der Waals surface area (Å²) in [7, 11) is 0. The fourth-order valence-corrected chi connectivity index (χ4v) is 2.14. The Morgan fingerprint density at radius 1 is 1.53 bits per heavy atom. The molecule has 1 amide bonds. The molecule has 1 aliphatic rings. The fraction of sp³-hybridized carbons (Fsp3) is 0.500. The number of nitrogens with two attached hydrogens (primary N) is 1. The molecule has 1 aromatic carbocycles. The molecule has 2 N–H and O–H groups in total. The Kier molecular flexibility index (Phi) is 4.50. The number of benzene rings is 1. The van der Waals surface area contributed by atoms with Crippen molar-refractivity contribution in [2.24, 2.45) is 5.73 Å². The van der Waals surface area contributed by atoms with E-state index in [4.69, 9.17) is 10.5 Å². The summed E-state index contributed by atoms with van der Waals surface area (Å²) in [5.74, 6) is -0.321. The Bertz CT molecular complexity index is 436. The molecule has 0 aromatic heterocycles. The summed E-state index contributed by atoms with van der Waals surface area (Å²) in [6, 6.07) is 5.72. The van der Waals surface area contributed by atoms with Crippen LogP contribution in [0, 0.1) is 5.82 Å². The van der Waals surface area contributed by atoms with Gasteiger partial charge in [-0.25, -0.2) is 4.39 Å². The first-order valence-electron chi connectivity index (χ1n) is 6.53. The molecule has 1 aliphatic heterocycles. The summed E-state index contributed by atoms with van der Waals surface area (Å²) < 4.78 is 18.5. The van der Waals surface area contributed by atoms with Crippen molar-refractivity contribution in [1.82, 2.24) is 4.90 Å². The van der Waals surface area contributed by atoms with Crippen LogP contribution in [0.25, 0.3) is 0 Å². The maximum atomic E-state index is 12.9. The average molecular weight is 266 g/mol. The summed E-state index contributed by atoms with van der Waals surface area (Å²) in [6.45, 7) is 3.40. The SMILES string of the molecule is CC[C@H](N)C(=O)N1CCOC(c2ccc(F)cc2)C1. The molecular formula is C14H19FN2O2. The minimum Gasteiger partial charge on any atom is -0.370 e. The van der Waals surface area contributed by atoms with Gasteiger partial charge in [0.1, 0.15) is 11.9 Å².